The summed E-state index contributed by atoms with van der Waals surface area (Å²) in [4.78, 5) is 13.0. The van der Waals surface area contributed by atoms with Crippen LogP contribution in [0.5, 0.6) is 0 Å². The van der Waals surface area contributed by atoms with Gasteiger partial charge in [0.2, 0.25) is 0 Å². The lowest BCUT2D eigenvalue weighted by Gasteiger charge is -2.11. The molecule has 174 valence electrons. The number of benzene rings is 3. The topological polar surface area (TPSA) is 85.3 Å². The van der Waals surface area contributed by atoms with E-state index < -0.39 is 19.7 Å². The van der Waals surface area contributed by atoms with Crippen LogP contribution in [-0.2, 0) is 37.3 Å². The van der Waals surface area contributed by atoms with Crippen LogP contribution in [0.15, 0.2) is 70.5 Å². The Morgan fingerprint density at radius 3 is 1.73 bits per heavy atom. The fraction of sp³-hybridized carbons (Fsp3) is 0.208. The Kier molecular flexibility index (Phi) is 7.69. The summed E-state index contributed by atoms with van der Waals surface area (Å²) in [6.07, 6.45) is 1.40. The van der Waals surface area contributed by atoms with Crippen LogP contribution in [0.2, 0.25) is 10.0 Å². The normalized spacial score (nSPS) is 12.0. The number of hydrogen-bond donors (Lipinski definition) is 0. The number of carbonyl (C=O) groups is 1. The number of rotatable bonds is 8. The molecule has 0 N–H and O–H groups in total. The van der Waals surface area contributed by atoms with Crippen LogP contribution < -0.4 is 0 Å². The van der Waals surface area contributed by atoms with Gasteiger partial charge in [0.05, 0.1) is 25.6 Å². The number of halogens is 2. The first-order chi connectivity index (χ1) is 15.4. The summed E-state index contributed by atoms with van der Waals surface area (Å²) in [6.45, 7) is 1.58. The molecule has 3 aromatic rings. The minimum atomic E-state index is -3.31. The van der Waals surface area contributed by atoms with Gasteiger partial charge in [-0.05, 0) is 53.1 Å². The molecule has 0 saturated heterocycles. The van der Waals surface area contributed by atoms with Crippen molar-refractivity contribution < 1.29 is 21.6 Å². The van der Waals surface area contributed by atoms with Gasteiger partial charge in [-0.25, -0.2) is 16.8 Å². The maximum absolute atomic E-state index is 12.6. The summed E-state index contributed by atoms with van der Waals surface area (Å²) in [5, 5.41) is 0.707. The molecule has 0 fully saturated rings. The van der Waals surface area contributed by atoms with Crippen LogP contribution >= 0.6 is 23.2 Å². The summed E-state index contributed by atoms with van der Waals surface area (Å²) < 4.78 is 47.1. The number of sulfone groups is 2. The second-order valence-corrected chi connectivity index (χ2v) is 12.8. The standard InChI is InChI=1S/C24H22Cl2O5S2/c1-3-33(30,31)21-8-4-16(5-9-21)12-19(27)13-17-14-22(25)24(23(26)15-17)18-6-10-20(11-7-18)32(2,28)29/h4-11,14-15H,3,12-13H2,1-2H3. The van der Waals surface area contributed by atoms with Gasteiger partial charge in [-0.2, -0.15) is 0 Å². The van der Waals surface area contributed by atoms with Gasteiger partial charge in [0.15, 0.2) is 19.7 Å². The van der Waals surface area contributed by atoms with E-state index in [2.05, 4.69) is 0 Å². The van der Waals surface area contributed by atoms with E-state index >= 15 is 0 Å². The molecule has 3 aromatic carbocycles. The third kappa shape index (κ3) is 6.23. The molecule has 0 saturated carbocycles. The van der Waals surface area contributed by atoms with Crippen LogP contribution in [0.3, 0.4) is 0 Å². The van der Waals surface area contributed by atoms with Crippen LogP contribution in [-0.4, -0.2) is 34.6 Å². The molecule has 0 aromatic heterocycles. The van der Waals surface area contributed by atoms with Crippen molar-refractivity contribution in [3.8, 4) is 11.1 Å². The number of hydrogen-bond acceptors (Lipinski definition) is 5. The number of ketones is 1. The highest BCUT2D eigenvalue weighted by Crippen LogP contribution is 2.36. The Bertz CT molecular complexity index is 1370. The van der Waals surface area contributed by atoms with Crippen LogP contribution in [0.4, 0.5) is 0 Å². The molecular weight excluding hydrogens is 503 g/mol. The Hall–Kier alpha value is -2.19. The van der Waals surface area contributed by atoms with Crippen molar-refractivity contribution in [2.45, 2.75) is 29.6 Å². The first kappa shape index (κ1) is 25.4. The van der Waals surface area contributed by atoms with Crippen LogP contribution in [0, 0.1) is 0 Å². The molecule has 3 rings (SSSR count). The van der Waals surface area contributed by atoms with E-state index in [0.717, 1.165) is 11.8 Å². The molecule has 0 bridgehead atoms. The van der Waals surface area contributed by atoms with Gasteiger partial charge in [0, 0.05) is 24.7 Å². The number of carbonyl (C=O) groups excluding carboxylic acids is 1. The minimum absolute atomic E-state index is 0.0185. The van der Waals surface area contributed by atoms with Crippen LogP contribution in [0.25, 0.3) is 11.1 Å². The molecule has 0 aliphatic rings. The predicted octanol–water partition coefficient (Wildman–Crippen LogP) is 5.21. The van der Waals surface area contributed by atoms with E-state index in [4.69, 9.17) is 23.2 Å². The molecule has 0 atom stereocenters. The molecule has 0 radical (unpaired) electrons. The second kappa shape index (κ2) is 9.97. The van der Waals surface area contributed by atoms with Crippen molar-refractivity contribution in [1.29, 1.82) is 0 Å². The lowest BCUT2D eigenvalue weighted by molar-refractivity contribution is -0.117. The highest BCUT2D eigenvalue weighted by atomic mass is 35.5. The zero-order valence-electron chi connectivity index (χ0n) is 18.0. The predicted molar refractivity (Wildman–Crippen MR) is 132 cm³/mol. The maximum atomic E-state index is 12.6. The highest BCUT2D eigenvalue weighted by molar-refractivity contribution is 7.91. The fourth-order valence-electron chi connectivity index (χ4n) is 3.37. The largest absolute Gasteiger partial charge is 0.299 e. The van der Waals surface area contributed by atoms with Gasteiger partial charge in [-0.1, -0.05) is 54.4 Å². The monoisotopic (exact) mass is 524 g/mol. The summed E-state index contributed by atoms with van der Waals surface area (Å²) in [5.74, 6) is -0.0524. The van der Waals surface area contributed by atoms with Gasteiger partial charge in [-0.3, -0.25) is 4.79 Å². The third-order valence-electron chi connectivity index (χ3n) is 5.14. The second-order valence-electron chi connectivity index (χ2n) is 7.67. The van der Waals surface area contributed by atoms with E-state index in [1.165, 1.54) is 24.3 Å². The van der Waals surface area contributed by atoms with Crippen molar-refractivity contribution in [2.24, 2.45) is 0 Å². The van der Waals surface area contributed by atoms with E-state index in [1.54, 1.807) is 43.3 Å². The first-order valence-corrected chi connectivity index (χ1v) is 14.3. The Morgan fingerprint density at radius 2 is 1.24 bits per heavy atom. The summed E-state index contributed by atoms with van der Waals surface area (Å²) in [7, 11) is -6.59. The third-order valence-corrected chi connectivity index (χ3v) is 8.61. The maximum Gasteiger partial charge on any atom is 0.178 e. The van der Waals surface area contributed by atoms with Crippen molar-refractivity contribution in [2.75, 3.05) is 12.0 Å². The van der Waals surface area contributed by atoms with E-state index in [0.29, 0.717) is 26.7 Å². The van der Waals surface area contributed by atoms with E-state index in [-0.39, 0.29) is 34.2 Å². The lowest BCUT2D eigenvalue weighted by Crippen LogP contribution is -2.08. The Balaban J connectivity index is 1.75. The molecule has 0 amide bonds. The van der Waals surface area contributed by atoms with Crippen molar-refractivity contribution in [3.05, 3.63) is 81.8 Å². The molecular formula is C24H22Cl2O5S2. The zero-order valence-corrected chi connectivity index (χ0v) is 21.2. The van der Waals surface area contributed by atoms with Crippen molar-refractivity contribution in [3.63, 3.8) is 0 Å². The zero-order chi connectivity index (χ0) is 24.4. The Morgan fingerprint density at radius 1 is 0.758 bits per heavy atom. The first-order valence-electron chi connectivity index (χ1n) is 10.0. The number of Topliss-reactive ketones (excluding diaryl/α,β-unsaturated/α-hetero) is 1. The van der Waals surface area contributed by atoms with Crippen molar-refractivity contribution in [1.82, 2.24) is 0 Å². The molecule has 0 heterocycles. The SMILES string of the molecule is CCS(=O)(=O)c1ccc(CC(=O)Cc2cc(Cl)c(-c3ccc(S(C)(=O)=O)cc3)c(Cl)c2)cc1. The average molecular weight is 525 g/mol. The van der Waals surface area contributed by atoms with Crippen LogP contribution in [0.1, 0.15) is 18.1 Å². The summed E-state index contributed by atoms with van der Waals surface area (Å²) >= 11 is 12.9. The molecule has 0 aliphatic heterocycles. The molecule has 0 spiro atoms. The van der Waals surface area contributed by atoms with Crippen molar-refractivity contribution >= 4 is 48.7 Å². The van der Waals surface area contributed by atoms with Gasteiger partial charge >= 0.3 is 0 Å². The molecule has 33 heavy (non-hydrogen) atoms. The molecule has 9 heteroatoms. The lowest BCUT2D eigenvalue weighted by atomic mass is 9.99. The smallest absolute Gasteiger partial charge is 0.178 e. The molecule has 0 aliphatic carbocycles. The average Bonchev–Trinajstić information content (AvgIpc) is 2.73. The highest BCUT2D eigenvalue weighted by Gasteiger charge is 2.15. The van der Waals surface area contributed by atoms with Gasteiger partial charge in [0.25, 0.3) is 0 Å². The molecule has 5 nitrogen and oxygen atoms in total. The van der Waals surface area contributed by atoms with Gasteiger partial charge in [0.1, 0.15) is 5.78 Å². The van der Waals surface area contributed by atoms with Gasteiger partial charge in [-0.15, -0.1) is 0 Å². The summed E-state index contributed by atoms with van der Waals surface area (Å²) in [6, 6.07) is 15.9. The Labute approximate surface area is 204 Å². The van der Waals surface area contributed by atoms with E-state index in [1.807, 2.05) is 0 Å². The summed E-state index contributed by atoms with van der Waals surface area (Å²) in [5.41, 5.74) is 2.59. The minimum Gasteiger partial charge on any atom is -0.299 e. The van der Waals surface area contributed by atoms with E-state index in [9.17, 15) is 21.6 Å². The fourth-order valence-corrected chi connectivity index (χ4v) is 5.64. The molecule has 0 unspecified atom stereocenters. The van der Waals surface area contributed by atoms with Gasteiger partial charge < -0.3 is 0 Å². The quantitative estimate of drug-likeness (QED) is 0.403.